The van der Waals surface area contributed by atoms with E-state index in [-0.39, 0.29) is 0 Å². The van der Waals surface area contributed by atoms with Gasteiger partial charge in [-0.25, -0.2) is 13.4 Å². The van der Waals surface area contributed by atoms with Crippen LogP contribution in [-0.4, -0.2) is 60.7 Å². The number of ether oxygens (including phenoxy) is 1. The van der Waals surface area contributed by atoms with Crippen LogP contribution in [0.5, 0.6) is 0 Å². The number of fused-ring (bicyclic) bond motifs is 1. The fourth-order valence-corrected chi connectivity index (χ4v) is 3.63. The van der Waals surface area contributed by atoms with Gasteiger partial charge in [0.05, 0.1) is 36.7 Å². The topological polar surface area (TPSA) is 102 Å². The van der Waals surface area contributed by atoms with Gasteiger partial charge in [0.15, 0.2) is 5.65 Å². The number of rotatable bonds is 4. The molecule has 0 atom stereocenters. The Morgan fingerprint density at radius 2 is 1.96 bits per heavy atom. The summed E-state index contributed by atoms with van der Waals surface area (Å²) in [6, 6.07) is 7.15. The Kier molecular flexibility index (Phi) is 4.44. The van der Waals surface area contributed by atoms with E-state index in [1.54, 1.807) is 29.1 Å². The molecule has 0 unspecified atom stereocenters. The molecule has 0 aliphatic carbocycles. The first-order valence-electron chi connectivity index (χ1n) is 8.51. The maximum Gasteiger partial charge on any atom is 0.229 e. The van der Waals surface area contributed by atoms with E-state index in [9.17, 15) is 8.42 Å². The first-order chi connectivity index (χ1) is 12.9. The van der Waals surface area contributed by atoms with Gasteiger partial charge < -0.3 is 9.64 Å². The number of benzene rings is 1. The molecule has 1 N–H and O–H groups in total. The number of hydrogen-bond donors (Lipinski definition) is 1. The van der Waals surface area contributed by atoms with E-state index in [4.69, 9.17) is 9.72 Å². The predicted octanol–water partition coefficient (Wildman–Crippen LogP) is 1.24. The summed E-state index contributed by atoms with van der Waals surface area (Å²) in [5, 5.41) is 5.12. The van der Waals surface area contributed by atoms with Gasteiger partial charge in [0.1, 0.15) is 0 Å². The summed E-state index contributed by atoms with van der Waals surface area (Å²) in [6.07, 6.45) is 2.85. The van der Waals surface area contributed by atoms with Crippen LogP contribution in [0.4, 0.5) is 11.6 Å². The van der Waals surface area contributed by atoms with E-state index in [0.717, 1.165) is 35.9 Å². The van der Waals surface area contributed by atoms with Gasteiger partial charge in [0, 0.05) is 31.4 Å². The molecule has 142 valence electrons. The molecule has 9 nitrogen and oxygen atoms in total. The Labute approximate surface area is 157 Å². The Bertz CT molecular complexity index is 1090. The van der Waals surface area contributed by atoms with Crippen molar-refractivity contribution in [3.8, 4) is 11.3 Å². The molecule has 0 radical (unpaired) electrons. The van der Waals surface area contributed by atoms with Gasteiger partial charge in [0.2, 0.25) is 16.0 Å². The zero-order chi connectivity index (χ0) is 19.0. The molecular formula is C17H20N6O3S. The lowest BCUT2D eigenvalue weighted by atomic mass is 10.1. The monoisotopic (exact) mass is 388 g/mol. The third-order valence-electron chi connectivity index (χ3n) is 4.31. The van der Waals surface area contributed by atoms with E-state index in [2.05, 4.69) is 19.7 Å². The van der Waals surface area contributed by atoms with Gasteiger partial charge in [-0.15, -0.1) is 0 Å². The first-order valence-corrected chi connectivity index (χ1v) is 10.4. The fourth-order valence-electron chi connectivity index (χ4n) is 3.08. The lowest BCUT2D eigenvalue weighted by molar-refractivity contribution is 0.122. The molecule has 0 amide bonds. The van der Waals surface area contributed by atoms with Crippen molar-refractivity contribution in [2.45, 2.75) is 0 Å². The number of sulfonamides is 1. The van der Waals surface area contributed by atoms with Crippen LogP contribution >= 0.6 is 0 Å². The minimum Gasteiger partial charge on any atom is -0.378 e. The van der Waals surface area contributed by atoms with Gasteiger partial charge in [-0.1, -0.05) is 12.1 Å². The highest BCUT2D eigenvalue weighted by Gasteiger charge is 2.19. The molecule has 0 spiro atoms. The molecule has 1 fully saturated rings. The molecule has 4 rings (SSSR count). The molecule has 3 heterocycles. The number of aromatic nitrogens is 4. The summed E-state index contributed by atoms with van der Waals surface area (Å²) in [5.74, 6) is 0.617. The van der Waals surface area contributed by atoms with Gasteiger partial charge in [-0.05, 0) is 12.1 Å². The quantitative estimate of drug-likeness (QED) is 0.717. The van der Waals surface area contributed by atoms with Crippen LogP contribution in [0.1, 0.15) is 0 Å². The lowest BCUT2D eigenvalue weighted by Gasteiger charge is -2.27. The lowest BCUT2D eigenvalue weighted by Crippen LogP contribution is -2.37. The van der Waals surface area contributed by atoms with Crippen molar-refractivity contribution in [3.63, 3.8) is 0 Å². The molecule has 1 aromatic carbocycles. The average Bonchev–Trinajstić information content (AvgIpc) is 3.02. The fraction of sp³-hybridized carbons (Fsp3) is 0.353. The number of nitrogens with zero attached hydrogens (tertiary/aromatic N) is 5. The van der Waals surface area contributed by atoms with Crippen LogP contribution in [0.3, 0.4) is 0 Å². The zero-order valence-corrected chi connectivity index (χ0v) is 15.9. The third-order valence-corrected chi connectivity index (χ3v) is 4.92. The normalized spacial score (nSPS) is 15.3. The first kappa shape index (κ1) is 17.7. The summed E-state index contributed by atoms with van der Waals surface area (Å²) < 4.78 is 32.7. The maximum atomic E-state index is 11.6. The molecule has 3 aromatic rings. The molecule has 1 aliphatic rings. The van der Waals surface area contributed by atoms with Crippen LogP contribution < -0.4 is 9.62 Å². The Balaban J connectivity index is 1.84. The van der Waals surface area contributed by atoms with Crippen LogP contribution in [0.25, 0.3) is 22.3 Å². The second-order valence-corrected chi connectivity index (χ2v) is 8.18. The van der Waals surface area contributed by atoms with Crippen molar-refractivity contribution in [2.24, 2.45) is 7.05 Å². The minimum atomic E-state index is -3.36. The third kappa shape index (κ3) is 3.71. The van der Waals surface area contributed by atoms with Crippen molar-refractivity contribution >= 4 is 32.7 Å². The van der Waals surface area contributed by atoms with E-state index >= 15 is 0 Å². The summed E-state index contributed by atoms with van der Waals surface area (Å²) in [5.41, 5.74) is 2.71. The van der Waals surface area contributed by atoms with E-state index in [0.29, 0.717) is 30.5 Å². The van der Waals surface area contributed by atoms with Gasteiger partial charge >= 0.3 is 0 Å². The molecule has 0 bridgehead atoms. The van der Waals surface area contributed by atoms with E-state index < -0.39 is 10.0 Å². The number of morpholine rings is 1. The number of nitrogens with one attached hydrogen (secondary N) is 1. The van der Waals surface area contributed by atoms with E-state index in [1.165, 1.54) is 0 Å². The maximum absolute atomic E-state index is 11.6. The number of hydrogen-bond acceptors (Lipinski definition) is 7. The van der Waals surface area contributed by atoms with Gasteiger partial charge in [0.25, 0.3) is 0 Å². The number of aryl methyl sites for hydroxylation is 1. The highest BCUT2D eigenvalue weighted by Crippen LogP contribution is 2.30. The van der Waals surface area contributed by atoms with Crippen molar-refractivity contribution in [1.82, 2.24) is 19.7 Å². The minimum absolute atomic E-state index is 0.485. The van der Waals surface area contributed by atoms with Crippen LogP contribution in [0, 0.1) is 0 Å². The van der Waals surface area contributed by atoms with Crippen molar-refractivity contribution in [2.75, 3.05) is 42.2 Å². The molecule has 2 aromatic heterocycles. The highest BCUT2D eigenvalue weighted by molar-refractivity contribution is 7.92. The highest BCUT2D eigenvalue weighted by atomic mass is 32.2. The van der Waals surface area contributed by atoms with Crippen molar-refractivity contribution in [1.29, 1.82) is 0 Å². The standard InChI is InChI=1S/C17H20N6O3S/c1-22-16-14(11-18-22)15(19-17(20-16)23-6-8-26-9-7-23)12-4-3-5-13(10-12)21-27(2,24)25/h3-5,10-11,21H,6-9H2,1-2H3. The smallest absolute Gasteiger partial charge is 0.229 e. The molecule has 10 heteroatoms. The van der Waals surface area contributed by atoms with Crippen LogP contribution in [0.2, 0.25) is 0 Å². The zero-order valence-electron chi connectivity index (χ0n) is 15.1. The van der Waals surface area contributed by atoms with Gasteiger partial charge in [-0.2, -0.15) is 10.1 Å². The van der Waals surface area contributed by atoms with Crippen LogP contribution in [-0.2, 0) is 21.8 Å². The summed E-state index contributed by atoms with van der Waals surface area (Å²) in [4.78, 5) is 11.5. The Morgan fingerprint density at radius 3 is 2.70 bits per heavy atom. The largest absolute Gasteiger partial charge is 0.378 e. The second-order valence-electron chi connectivity index (χ2n) is 6.43. The summed E-state index contributed by atoms with van der Waals surface area (Å²) in [6.45, 7) is 2.71. The molecule has 0 saturated carbocycles. The Hall–Kier alpha value is -2.72. The van der Waals surface area contributed by atoms with Crippen molar-refractivity contribution < 1.29 is 13.2 Å². The number of anilines is 2. The summed E-state index contributed by atoms with van der Waals surface area (Å²) in [7, 11) is -1.52. The van der Waals surface area contributed by atoms with Crippen LogP contribution in [0.15, 0.2) is 30.5 Å². The molecule has 27 heavy (non-hydrogen) atoms. The average molecular weight is 388 g/mol. The van der Waals surface area contributed by atoms with Gasteiger partial charge in [-0.3, -0.25) is 9.40 Å². The summed E-state index contributed by atoms with van der Waals surface area (Å²) >= 11 is 0. The Morgan fingerprint density at radius 1 is 1.19 bits per heavy atom. The van der Waals surface area contributed by atoms with Crippen molar-refractivity contribution in [3.05, 3.63) is 30.5 Å². The molecule has 1 aliphatic heterocycles. The molecular weight excluding hydrogens is 368 g/mol. The predicted molar refractivity (Wildman–Crippen MR) is 103 cm³/mol. The van der Waals surface area contributed by atoms with E-state index in [1.807, 2.05) is 13.1 Å². The second kappa shape index (κ2) is 6.78. The SMILES string of the molecule is Cn1ncc2c(-c3cccc(NS(C)(=O)=O)c3)nc(N3CCOCC3)nc21. The molecule has 1 saturated heterocycles.